The molecule has 0 amide bonds. The molecule has 2 aliphatic heterocycles. The van der Waals surface area contributed by atoms with Gasteiger partial charge in [0.25, 0.3) is 0 Å². The summed E-state index contributed by atoms with van der Waals surface area (Å²) in [4.78, 5) is 61.7. The molecule has 0 aliphatic carbocycles. The first-order chi connectivity index (χ1) is 20.4. The molecule has 2 heterocycles. The van der Waals surface area contributed by atoms with Crippen LogP contribution in [0.25, 0.3) is 0 Å². The number of ether oxygens (including phenoxy) is 4. The van der Waals surface area contributed by atoms with E-state index >= 15 is 0 Å². The molecule has 2 aliphatic rings. The zero-order chi connectivity index (χ0) is 34.7. The first kappa shape index (κ1) is 45.9. The van der Waals surface area contributed by atoms with Crippen molar-refractivity contribution < 1.29 is 93.9 Å². The largest absolute Gasteiger partial charge is 0.547 e. The minimum atomic E-state index is -2.38. The smallest absolute Gasteiger partial charge is 0.335 e. The Kier molecular flexibility index (Phi) is 23.4. The molecule has 0 aromatic heterocycles. The van der Waals surface area contributed by atoms with E-state index in [2.05, 4.69) is 10.6 Å². The molecule has 10 N–H and O–H groups in total. The minimum Gasteiger partial charge on any atom is -0.547 e. The van der Waals surface area contributed by atoms with E-state index in [1.807, 2.05) is 0 Å². The second-order valence-corrected chi connectivity index (χ2v) is 9.48. The summed E-state index contributed by atoms with van der Waals surface area (Å²) in [5, 5.41) is 71.9. The highest BCUT2D eigenvalue weighted by atomic mass is 16.5. The van der Waals surface area contributed by atoms with Gasteiger partial charge in [0.05, 0.1) is 46.5 Å². The second-order valence-electron chi connectivity index (χ2n) is 9.48. The molecule has 2 saturated heterocycles. The van der Waals surface area contributed by atoms with Gasteiger partial charge in [-0.25, -0.2) is 14.4 Å². The van der Waals surface area contributed by atoms with Crippen LogP contribution in [0.4, 0.5) is 0 Å². The fraction of sp³-hybridized carbons (Fsp3) is 0.760. The third-order valence-corrected chi connectivity index (χ3v) is 6.28. The van der Waals surface area contributed by atoms with E-state index in [4.69, 9.17) is 54.7 Å². The van der Waals surface area contributed by atoms with E-state index in [0.29, 0.717) is 19.8 Å². The molecule has 1 unspecified atom stereocenters. The average Bonchev–Trinajstić information content (AvgIpc) is 3.67. The molecule has 0 bridgehead atoms. The van der Waals surface area contributed by atoms with Crippen molar-refractivity contribution in [3.8, 4) is 0 Å². The van der Waals surface area contributed by atoms with Gasteiger partial charge in [-0.15, -0.1) is 0 Å². The predicted octanol–water partition coefficient (Wildman–Crippen LogP) is -6.40. The Hall–Kier alpha value is -3.50. The Bertz CT molecular complexity index is 823. The van der Waals surface area contributed by atoms with Crippen LogP contribution in [0.3, 0.4) is 0 Å². The zero-order valence-electron chi connectivity index (χ0n) is 24.7. The van der Waals surface area contributed by atoms with Gasteiger partial charge in [-0.2, -0.15) is 0 Å². The zero-order valence-corrected chi connectivity index (χ0v) is 24.7. The maximum atomic E-state index is 11.4. The Morgan fingerprint density at radius 2 is 1.13 bits per heavy atom. The number of carboxylic acid groups (broad SMARTS) is 4. The number of rotatable bonds is 12. The van der Waals surface area contributed by atoms with Crippen LogP contribution in [0.2, 0.25) is 0 Å². The normalized spacial score (nSPS) is 22.4. The quantitative estimate of drug-likeness (QED) is 0.0877. The van der Waals surface area contributed by atoms with Gasteiger partial charge in [0.1, 0.15) is 16.9 Å². The van der Waals surface area contributed by atoms with Gasteiger partial charge in [-0.3, -0.25) is 9.59 Å². The summed E-state index contributed by atoms with van der Waals surface area (Å²) in [5.41, 5.74) is -0.826. The van der Waals surface area contributed by atoms with Gasteiger partial charge >= 0.3 is 29.8 Å². The minimum absolute atomic E-state index is 0. The van der Waals surface area contributed by atoms with Crippen LogP contribution in [0.5, 0.6) is 0 Å². The van der Waals surface area contributed by atoms with Gasteiger partial charge < -0.3 is 75.2 Å². The van der Waals surface area contributed by atoms with E-state index < -0.39 is 53.7 Å². The number of aliphatic hydroxyl groups excluding tert-OH is 4. The SMILES string of the molecule is C.COCC1(C(=O)OC)CCNC1.COC[C@@]1(C(=O)OC)CC[NH2+]C1.O=C(O)[C@H](O)[C@@H](O)C(=O)O.O=C([O-])[C@H](O)[C@@H](O)C(=O)O. The van der Waals surface area contributed by atoms with Crippen LogP contribution in [0, 0.1) is 10.8 Å². The van der Waals surface area contributed by atoms with Gasteiger partial charge in [-0.1, -0.05) is 7.43 Å². The Morgan fingerprint density at radius 1 is 0.733 bits per heavy atom. The molecule has 264 valence electrons. The number of methoxy groups -OCH3 is 4. The van der Waals surface area contributed by atoms with Crippen molar-refractivity contribution in [3.63, 3.8) is 0 Å². The van der Waals surface area contributed by atoms with Crippen LogP contribution in [-0.2, 0) is 47.7 Å². The molecule has 2 rings (SSSR count). The highest BCUT2D eigenvalue weighted by molar-refractivity contribution is 5.83. The highest BCUT2D eigenvalue weighted by Crippen LogP contribution is 2.27. The van der Waals surface area contributed by atoms with Gasteiger partial charge in [-0.05, 0) is 13.0 Å². The van der Waals surface area contributed by atoms with Crippen LogP contribution in [-0.4, -0.2) is 164 Å². The lowest BCUT2D eigenvalue weighted by molar-refractivity contribution is -0.640. The topological polar surface area (TPSA) is 333 Å². The number of carbonyl (C=O) groups is 6. The summed E-state index contributed by atoms with van der Waals surface area (Å²) in [6.45, 7) is 4.20. The lowest BCUT2D eigenvalue weighted by atomic mass is 9.88. The number of aliphatic carboxylic acids is 4. The highest BCUT2D eigenvalue weighted by Gasteiger charge is 2.45. The third-order valence-electron chi connectivity index (χ3n) is 6.28. The lowest BCUT2D eigenvalue weighted by Gasteiger charge is -2.23. The molecular formula is C25H46N2O18. The molecule has 0 radical (unpaired) electrons. The molecule has 20 nitrogen and oxygen atoms in total. The molecule has 6 atom stereocenters. The van der Waals surface area contributed by atoms with Crippen LogP contribution >= 0.6 is 0 Å². The Labute approximate surface area is 258 Å². The van der Waals surface area contributed by atoms with E-state index in [1.165, 1.54) is 14.2 Å². The van der Waals surface area contributed by atoms with Crippen molar-refractivity contribution in [2.45, 2.75) is 44.7 Å². The second kappa shape index (κ2) is 22.9. The maximum absolute atomic E-state index is 11.4. The molecule has 0 saturated carbocycles. The molecule has 0 aromatic carbocycles. The predicted molar refractivity (Wildman–Crippen MR) is 145 cm³/mol. The summed E-state index contributed by atoms with van der Waals surface area (Å²) in [6, 6.07) is 0. The number of nitrogens with one attached hydrogen (secondary N) is 1. The van der Waals surface area contributed by atoms with Crippen molar-refractivity contribution in [1.29, 1.82) is 0 Å². The van der Waals surface area contributed by atoms with E-state index in [1.54, 1.807) is 14.2 Å². The number of esters is 2. The third kappa shape index (κ3) is 15.4. The fourth-order valence-corrected chi connectivity index (χ4v) is 3.85. The Morgan fingerprint density at radius 3 is 1.40 bits per heavy atom. The van der Waals surface area contributed by atoms with Gasteiger partial charge in [0, 0.05) is 27.2 Å². The number of quaternary nitrogens is 1. The Balaban J connectivity index is -0.000000521. The van der Waals surface area contributed by atoms with Crippen molar-refractivity contribution in [3.05, 3.63) is 0 Å². The van der Waals surface area contributed by atoms with Crippen LogP contribution in [0.15, 0.2) is 0 Å². The molecule has 0 spiro atoms. The van der Waals surface area contributed by atoms with Crippen LogP contribution < -0.4 is 15.7 Å². The molecule has 20 heteroatoms. The summed E-state index contributed by atoms with van der Waals surface area (Å²) in [6.07, 6.45) is -7.58. The molecule has 0 aromatic rings. The first-order valence-corrected chi connectivity index (χ1v) is 12.7. The summed E-state index contributed by atoms with van der Waals surface area (Å²) in [7, 11) is 6.06. The summed E-state index contributed by atoms with van der Waals surface area (Å²) < 4.78 is 19.5. The van der Waals surface area contributed by atoms with Crippen molar-refractivity contribution in [2.75, 3.05) is 67.8 Å². The average molecular weight is 663 g/mol. The van der Waals surface area contributed by atoms with Crippen LogP contribution in [0.1, 0.15) is 20.3 Å². The van der Waals surface area contributed by atoms with Gasteiger partial charge in [0.15, 0.2) is 18.3 Å². The molecule has 45 heavy (non-hydrogen) atoms. The molecule has 2 fully saturated rings. The number of hydrogen-bond acceptors (Lipinski definition) is 16. The molecular weight excluding hydrogens is 616 g/mol. The number of nitrogens with two attached hydrogens (primary N) is 1. The van der Waals surface area contributed by atoms with E-state index in [0.717, 1.165) is 32.5 Å². The number of carboxylic acids is 4. The van der Waals surface area contributed by atoms with E-state index in [-0.39, 0.29) is 24.8 Å². The number of carbonyl (C=O) groups excluding carboxylic acids is 3. The van der Waals surface area contributed by atoms with E-state index in [9.17, 15) is 33.9 Å². The first-order valence-electron chi connectivity index (χ1n) is 12.7. The standard InChI is InChI=1S/2C8H15NO3.2C4H6O6.CH4/c2*1-11-6-8(7(10)12-2)3-4-9-5-8;2*5-1(3(7)8)2(6)4(9)10;/h2*9H,3-6H2,1-2H3;2*1-2,5-6H,(H,7,8)(H,9,10);1H4/t8-;;2*1-,2-;/m1.11./s1. The lowest BCUT2D eigenvalue weighted by Crippen LogP contribution is -2.82. The van der Waals surface area contributed by atoms with Crippen molar-refractivity contribution >= 4 is 35.8 Å². The summed E-state index contributed by atoms with van der Waals surface area (Å²) in [5.74, 6) is -7.68. The number of hydrogen-bond donors (Lipinski definition) is 9. The monoisotopic (exact) mass is 662 g/mol. The van der Waals surface area contributed by atoms with Crippen molar-refractivity contribution in [1.82, 2.24) is 5.32 Å². The van der Waals surface area contributed by atoms with Crippen molar-refractivity contribution in [2.24, 2.45) is 10.8 Å². The fourth-order valence-electron chi connectivity index (χ4n) is 3.85. The maximum Gasteiger partial charge on any atom is 0.335 e. The van der Waals surface area contributed by atoms with Gasteiger partial charge in [0.2, 0.25) is 0 Å². The summed E-state index contributed by atoms with van der Waals surface area (Å²) >= 11 is 0. The number of aliphatic hydroxyl groups is 4.